The molecule has 4 nitrogen and oxygen atoms in total. The summed E-state index contributed by atoms with van der Waals surface area (Å²) in [7, 11) is 1.94. The van der Waals surface area contributed by atoms with Crippen molar-refractivity contribution in [2.24, 2.45) is 12.0 Å². The standard InChI is InChI=1S/C11H18N4S/c1-5-8-9(6-15(4)14-8)12-10-13-11(2,3)7-16-10/h6H,5,7H2,1-4H3,(H,12,13). The van der Waals surface area contributed by atoms with Crippen LogP contribution in [0.3, 0.4) is 0 Å². The molecule has 0 atom stereocenters. The molecule has 2 heterocycles. The van der Waals surface area contributed by atoms with Gasteiger partial charge in [-0.05, 0) is 20.3 Å². The molecule has 5 heteroatoms. The lowest BCUT2D eigenvalue weighted by Crippen LogP contribution is -2.15. The fourth-order valence-corrected chi connectivity index (χ4v) is 2.71. The van der Waals surface area contributed by atoms with E-state index in [1.807, 2.05) is 17.9 Å². The van der Waals surface area contributed by atoms with Gasteiger partial charge in [0.1, 0.15) is 0 Å². The van der Waals surface area contributed by atoms with Crippen LogP contribution in [-0.2, 0) is 13.5 Å². The molecule has 0 unspecified atom stereocenters. The number of aromatic nitrogens is 2. The van der Waals surface area contributed by atoms with E-state index < -0.39 is 0 Å². The molecule has 0 aromatic carbocycles. The largest absolute Gasteiger partial charge is 0.332 e. The molecule has 0 amide bonds. The summed E-state index contributed by atoms with van der Waals surface area (Å²) < 4.78 is 1.84. The second-order valence-corrected chi connectivity index (χ2v) is 5.62. The van der Waals surface area contributed by atoms with E-state index in [-0.39, 0.29) is 5.54 Å². The van der Waals surface area contributed by atoms with Crippen molar-refractivity contribution in [3.05, 3.63) is 11.9 Å². The Morgan fingerprint density at radius 2 is 2.31 bits per heavy atom. The van der Waals surface area contributed by atoms with Gasteiger partial charge in [0, 0.05) is 19.0 Å². The SMILES string of the molecule is CCc1nn(C)cc1NC1=NC(C)(C)CS1. The van der Waals surface area contributed by atoms with Gasteiger partial charge in [-0.1, -0.05) is 18.7 Å². The van der Waals surface area contributed by atoms with Crippen molar-refractivity contribution < 1.29 is 0 Å². The van der Waals surface area contributed by atoms with Crippen molar-refractivity contribution >= 4 is 22.6 Å². The Bertz CT molecular complexity index is 420. The number of aliphatic imine (C=N–C) groups is 1. The maximum absolute atomic E-state index is 4.63. The first-order valence-electron chi connectivity index (χ1n) is 5.52. The molecular formula is C11H18N4S. The van der Waals surface area contributed by atoms with Crippen molar-refractivity contribution in [2.45, 2.75) is 32.7 Å². The second kappa shape index (κ2) is 4.13. The number of nitrogens with zero attached hydrogens (tertiary/aromatic N) is 3. The Kier molecular flexibility index (Phi) is 2.97. The fourth-order valence-electron chi connectivity index (χ4n) is 1.66. The van der Waals surface area contributed by atoms with Crippen molar-refractivity contribution in [3.8, 4) is 0 Å². The summed E-state index contributed by atoms with van der Waals surface area (Å²) in [6.45, 7) is 6.42. The average molecular weight is 238 g/mol. The first-order valence-corrected chi connectivity index (χ1v) is 6.51. The van der Waals surface area contributed by atoms with E-state index >= 15 is 0 Å². The molecule has 1 N–H and O–H groups in total. The smallest absolute Gasteiger partial charge is 0.161 e. The minimum absolute atomic E-state index is 0.0571. The van der Waals surface area contributed by atoms with E-state index in [4.69, 9.17) is 0 Å². The topological polar surface area (TPSA) is 42.2 Å². The summed E-state index contributed by atoms with van der Waals surface area (Å²) in [4.78, 5) is 4.63. The summed E-state index contributed by atoms with van der Waals surface area (Å²) in [5.41, 5.74) is 2.23. The monoisotopic (exact) mass is 238 g/mol. The third kappa shape index (κ3) is 2.40. The molecule has 16 heavy (non-hydrogen) atoms. The van der Waals surface area contributed by atoms with E-state index in [2.05, 4.69) is 36.2 Å². The Morgan fingerprint density at radius 1 is 1.56 bits per heavy atom. The predicted octanol–water partition coefficient (Wildman–Crippen LogP) is 2.28. The maximum Gasteiger partial charge on any atom is 0.161 e. The zero-order chi connectivity index (χ0) is 11.8. The van der Waals surface area contributed by atoms with Gasteiger partial charge in [-0.15, -0.1) is 0 Å². The van der Waals surface area contributed by atoms with Crippen LogP contribution < -0.4 is 5.32 Å². The number of nitrogens with one attached hydrogen (secondary N) is 1. The van der Waals surface area contributed by atoms with Gasteiger partial charge >= 0.3 is 0 Å². The molecule has 1 aliphatic rings. The highest BCUT2D eigenvalue weighted by Gasteiger charge is 2.25. The van der Waals surface area contributed by atoms with Crippen LogP contribution in [0.2, 0.25) is 0 Å². The summed E-state index contributed by atoms with van der Waals surface area (Å²) in [6.07, 6.45) is 2.94. The van der Waals surface area contributed by atoms with Crippen LogP contribution in [0.25, 0.3) is 0 Å². The summed E-state index contributed by atoms with van der Waals surface area (Å²) in [5.74, 6) is 1.04. The number of hydrogen-bond donors (Lipinski definition) is 1. The summed E-state index contributed by atoms with van der Waals surface area (Å²) in [6, 6.07) is 0. The van der Waals surface area contributed by atoms with Crippen LogP contribution >= 0.6 is 11.8 Å². The van der Waals surface area contributed by atoms with Crippen molar-refractivity contribution in [1.82, 2.24) is 9.78 Å². The molecule has 1 aromatic rings. The van der Waals surface area contributed by atoms with Gasteiger partial charge in [0.05, 0.1) is 16.9 Å². The molecule has 0 saturated heterocycles. The van der Waals surface area contributed by atoms with Crippen LogP contribution in [0.5, 0.6) is 0 Å². The van der Waals surface area contributed by atoms with Gasteiger partial charge in [0.25, 0.3) is 0 Å². The van der Waals surface area contributed by atoms with Crippen LogP contribution in [0, 0.1) is 0 Å². The first kappa shape index (κ1) is 11.5. The summed E-state index contributed by atoms with van der Waals surface area (Å²) >= 11 is 1.77. The zero-order valence-corrected chi connectivity index (χ0v) is 11.1. The number of anilines is 1. The Morgan fingerprint density at radius 3 is 2.88 bits per heavy atom. The third-order valence-corrected chi connectivity index (χ3v) is 3.77. The Labute approximate surface area is 101 Å². The quantitative estimate of drug-likeness (QED) is 0.859. The van der Waals surface area contributed by atoms with Gasteiger partial charge in [-0.2, -0.15) is 5.10 Å². The molecule has 88 valence electrons. The number of rotatable bonds is 2. The van der Waals surface area contributed by atoms with E-state index in [9.17, 15) is 0 Å². The highest BCUT2D eigenvalue weighted by molar-refractivity contribution is 8.14. The molecule has 0 aliphatic carbocycles. The van der Waals surface area contributed by atoms with Gasteiger partial charge < -0.3 is 5.32 Å². The lowest BCUT2D eigenvalue weighted by Gasteiger charge is -2.09. The zero-order valence-electron chi connectivity index (χ0n) is 10.2. The van der Waals surface area contributed by atoms with Crippen molar-refractivity contribution in [1.29, 1.82) is 0 Å². The fraction of sp³-hybridized carbons (Fsp3) is 0.636. The number of thioether (sulfide) groups is 1. The second-order valence-electron chi connectivity index (χ2n) is 4.66. The van der Waals surface area contributed by atoms with Crippen LogP contribution in [-0.4, -0.2) is 26.2 Å². The highest BCUT2D eigenvalue weighted by atomic mass is 32.2. The van der Waals surface area contributed by atoms with Crippen LogP contribution in [0.15, 0.2) is 11.2 Å². The minimum Gasteiger partial charge on any atom is -0.332 e. The lowest BCUT2D eigenvalue weighted by molar-refractivity contribution is 0.605. The predicted molar refractivity (Wildman–Crippen MR) is 70.2 cm³/mol. The lowest BCUT2D eigenvalue weighted by atomic mass is 10.1. The number of aryl methyl sites for hydroxylation is 2. The molecular weight excluding hydrogens is 220 g/mol. The van der Waals surface area contributed by atoms with Gasteiger partial charge in [0.15, 0.2) is 5.17 Å². The first-order chi connectivity index (χ1) is 7.50. The number of amidine groups is 1. The summed E-state index contributed by atoms with van der Waals surface area (Å²) in [5, 5.41) is 8.77. The molecule has 0 saturated carbocycles. The molecule has 0 spiro atoms. The van der Waals surface area contributed by atoms with E-state index in [1.54, 1.807) is 11.8 Å². The Balaban J connectivity index is 2.15. The molecule has 0 fully saturated rings. The van der Waals surface area contributed by atoms with Crippen LogP contribution in [0.1, 0.15) is 26.5 Å². The van der Waals surface area contributed by atoms with Gasteiger partial charge in [-0.25, -0.2) is 0 Å². The average Bonchev–Trinajstić information content (AvgIpc) is 2.70. The maximum atomic E-state index is 4.63. The van der Waals surface area contributed by atoms with E-state index in [0.717, 1.165) is 28.7 Å². The van der Waals surface area contributed by atoms with Crippen molar-refractivity contribution in [2.75, 3.05) is 11.1 Å². The molecule has 1 aromatic heterocycles. The van der Waals surface area contributed by atoms with Gasteiger partial charge in [0.2, 0.25) is 0 Å². The van der Waals surface area contributed by atoms with Gasteiger partial charge in [-0.3, -0.25) is 9.67 Å². The third-order valence-electron chi connectivity index (χ3n) is 2.45. The molecule has 0 radical (unpaired) electrons. The van der Waals surface area contributed by atoms with Crippen molar-refractivity contribution in [3.63, 3.8) is 0 Å². The Hall–Kier alpha value is -0.970. The van der Waals surface area contributed by atoms with E-state index in [0.29, 0.717) is 0 Å². The molecule has 2 rings (SSSR count). The minimum atomic E-state index is 0.0571. The normalized spacial score (nSPS) is 18.6. The number of hydrogen-bond acceptors (Lipinski definition) is 4. The highest BCUT2D eigenvalue weighted by Crippen LogP contribution is 2.28. The molecule has 1 aliphatic heterocycles. The molecule has 0 bridgehead atoms. The van der Waals surface area contributed by atoms with Crippen LogP contribution in [0.4, 0.5) is 5.69 Å². The van der Waals surface area contributed by atoms with E-state index in [1.165, 1.54) is 0 Å².